The quantitative estimate of drug-likeness (QED) is 0.941. The molecule has 0 saturated carbocycles. The van der Waals surface area contributed by atoms with Gasteiger partial charge in [0, 0.05) is 22.4 Å². The zero-order chi connectivity index (χ0) is 13.7. The average molecular weight is 321 g/mol. The van der Waals surface area contributed by atoms with Crippen molar-refractivity contribution in [2.24, 2.45) is 0 Å². The molecule has 0 fully saturated rings. The molecule has 2 rings (SSSR count). The van der Waals surface area contributed by atoms with Crippen LogP contribution in [0.1, 0.15) is 5.56 Å². The van der Waals surface area contributed by atoms with E-state index in [1.54, 1.807) is 24.4 Å². The van der Waals surface area contributed by atoms with E-state index in [0.29, 0.717) is 5.88 Å². The van der Waals surface area contributed by atoms with Gasteiger partial charge in [-0.3, -0.25) is 4.79 Å². The number of amides is 1. The molecule has 98 valence electrons. The minimum absolute atomic E-state index is 0.0634. The molecule has 4 nitrogen and oxygen atoms in total. The van der Waals surface area contributed by atoms with Gasteiger partial charge in [-0.25, -0.2) is 4.98 Å². The topological polar surface area (TPSA) is 51.2 Å². The number of nitrogens with zero attached hydrogens (tertiary/aromatic N) is 1. The zero-order valence-corrected chi connectivity index (χ0v) is 12.0. The molecule has 0 aliphatic carbocycles. The molecule has 5 heteroatoms. The molecule has 2 aromatic rings. The number of rotatable bonds is 4. The first-order valence-corrected chi connectivity index (χ1v) is 6.54. The van der Waals surface area contributed by atoms with Crippen molar-refractivity contribution in [1.82, 2.24) is 4.98 Å². The minimum Gasteiger partial charge on any atom is -0.468 e. The van der Waals surface area contributed by atoms with Crippen molar-refractivity contribution in [2.75, 3.05) is 11.9 Å². The second kappa shape index (κ2) is 6.33. The first kappa shape index (κ1) is 13.5. The largest absolute Gasteiger partial charge is 0.468 e. The van der Waals surface area contributed by atoms with Crippen LogP contribution < -0.4 is 10.1 Å². The van der Waals surface area contributed by atoms with Crippen molar-refractivity contribution in [3.63, 3.8) is 0 Å². The Balaban J connectivity index is 1.89. The second-order valence-corrected chi connectivity index (χ2v) is 4.82. The highest BCUT2D eigenvalue weighted by Gasteiger charge is 2.05. The monoisotopic (exact) mass is 320 g/mol. The molecule has 1 heterocycles. The van der Waals surface area contributed by atoms with Crippen LogP contribution in [0.2, 0.25) is 0 Å². The number of benzene rings is 1. The van der Waals surface area contributed by atoms with E-state index in [1.165, 1.54) is 0 Å². The maximum Gasteiger partial charge on any atom is 0.262 e. The Morgan fingerprint density at radius 3 is 2.89 bits per heavy atom. The predicted molar refractivity (Wildman–Crippen MR) is 77.2 cm³/mol. The van der Waals surface area contributed by atoms with Gasteiger partial charge >= 0.3 is 0 Å². The molecule has 0 unspecified atom stereocenters. The van der Waals surface area contributed by atoms with E-state index in [4.69, 9.17) is 4.74 Å². The second-order valence-electron chi connectivity index (χ2n) is 3.97. The molecule has 1 aromatic carbocycles. The summed E-state index contributed by atoms with van der Waals surface area (Å²) in [6.07, 6.45) is 1.62. The number of anilines is 1. The van der Waals surface area contributed by atoms with Crippen molar-refractivity contribution in [2.45, 2.75) is 6.92 Å². The highest BCUT2D eigenvalue weighted by atomic mass is 79.9. The van der Waals surface area contributed by atoms with Crippen LogP contribution in [0.25, 0.3) is 0 Å². The Kier molecular flexibility index (Phi) is 4.52. The number of hydrogen-bond donors (Lipinski definition) is 1. The summed E-state index contributed by atoms with van der Waals surface area (Å²) in [5.41, 5.74) is 1.80. The molecule has 0 radical (unpaired) electrons. The zero-order valence-electron chi connectivity index (χ0n) is 10.4. The highest BCUT2D eigenvalue weighted by Crippen LogP contribution is 2.19. The van der Waals surface area contributed by atoms with Crippen LogP contribution in [0.15, 0.2) is 47.1 Å². The van der Waals surface area contributed by atoms with Crippen LogP contribution in [0.4, 0.5) is 5.69 Å². The van der Waals surface area contributed by atoms with Crippen LogP contribution in [-0.4, -0.2) is 17.5 Å². The molecule has 0 bridgehead atoms. The standard InChI is InChI=1S/C14H13BrN2O2/c1-10-8-11(5-6-12(10)15)17-13(18)9-19-14-4-2-3-7-16-14/h2-8H,9H2,1H3,(H,17,18). The van der Waals surface area contributed by atoms with Crippen LogP contribution >= 0.6 is 15.9 Å². The van der Waals surface area contributed by atoms with Gasteiger partial charge in [0.05, 0.1) is 0 Å². The van der Waals surface area contributed by atoms with Crippen LogP contribution in [-0.2, 0) is 4.79 Å². The number of nitrogens with one attached hydrogen (secondary N) is 1. The average Bonchev–Trinajstić information content (AvgIpc) is 2.42. The third-order valence-electron chi connectivity index (χ3n) is 2.43. The molecule has 0 atom stereocenters. The van der Waals surface area contributed by atoms with Crippen LogP contribution in [0, 0.1) is 6.92 Å². The number of carbonyl (C=O) groups is 1. The fourth-order valence-corrected chi connectivity index (χ4v) is 1.74. The Hall–Kier alpha value is -1.88. The van der Waals surface area contributed by atoms with E-state index in [1.807, 2.05) is 25.1 Å². The van der Waals surface area contributed by atoms with E-state index in [0.717, 1.165) is 15.7 Å². The normalized spacial score (nSPS) is 10.0. The van der Waals surface area contributed by atoms with Crippen LogP contribution in [0.5, 0.6) is 5.88 Å². The van der Waals surface area contributed by atoms with Crippen LogP contribution in [0.3, 0.4) is 0 Å². The number of carbonyl (C=O) groups excluding carboxylic acids is 1. The number of ether oxygens (including phenoxy) is 1. The lowest BCUT2D eigenvalue weighted by Gasteiger charge is -2.08. The molecule has 1 N–H and O–H groups in total. The molecule has 19 heavy (non-hydrogen) atoms. The smallest absolute Gasteiger partial charge is 0.262 e. The Morgan fingerprint density at radius 1 is 1.37 bits per heavy atom. The van der Waals surface area contributed by atoms with E-state index in [-0.39, 0.29) is 12.5 Å². The number of pyridine rings is 1. The number of hydrogen-bond acceptors (Lipinski definition) is 3. The first-order chi connectivity index (χ1) is 9.15. The SMILES string of the molecule is Cc1cc(NC(=O)COc2ccccn2)ccc1Br. The summed E-state index contributed by atoms with van der Waals surface area (Å²) in [7, 11) is 0. The lowest BCUT2D eigenvalue weighted by atomic mass is 10.2. The van der Waals surface area contributed by atoms with E-state index >= 15 is 0 Å². The number of halogens is 1. The van der Waals surface area contributed by atoms with Crippen molar-refractivity contribution < 1.29 is 9.53 Å². The molecule has 0 spiro atoms. The summed E-state index contributed by atoms with van der Waals surface area (Å²) in [6.45, 7) is 1.90. The van der Waals surface area contributed by atoms with Gasteiger partial charge in [-0.1, -0.05) is 22.0 Å². The fraction of sp³-hybridized carbons (Fsp3) is 0.143. The Bertz CT molecular complexity index is 573. The van der Waals surface area contributed by atoms with E-state index in [2.05, 4.69) is 26.2 Å². The molecule has 1 aromatic heterocycles. The lowest BCUT2D eigenvalue weighted by molar-refractivity contribution is -0.118. The molecular weight excluding hydrogens is 308 g/mol. The van der Waals surface area contributed by atoms with Gasteiger partial charge < -0.3 is 10.1 Å². The van der Waals surface area contributed by atoms with Gasteiger partial charge in [0.15, 0.2) is 6.61 Å². The van der Waals surface area contributed by atoms with Crippen molar-refractivity contribution in [3.05, 3.63) is 52.6 Å². The fourth-order valence-electron chi connectivity index (χ4n) is 1.49. The van der Waals surface area contributed by atoms with Crippen molar-refractivity contribution >= 4 is 27.5 Å². The summed E-state index contributed by atoms with van der Waals surface area (Å²) >= 11 is 3.41. The molecule has 0 aliphatic rings. The summed E-state index contributed by atoms with van der Waals surface area (Å²) in [5.74, 6) is 0.219. The highest BCUT2D eigenvalue weighted by molar-refractivity contribution is 9.10. The van der Waals surface area contributed by atoms with Crippen molar-refractivity contribution in [3.8, 4) is 5.88 Å². The van der Waals surface area contributed by atoms with Gasteiger partial charge in [0.2, 0.25) is 5.88 Å². The summed E-state index contributed by atoms with van der Waals surface area (Å²) in [4.78, 5) is 15.7. The maximum atomic E-state index is 11.7. The Morgan fingerprint density at radius 2 is 2.21 bits per heavy atom. The Labute approximate surface area is 119 Å². The van der Waals surface area contributed by atoms with Gasteiger partial charge in [0.1, 0.15) is 0 Å². The van der Waals surface area contributed by atoms with Gasteiger partial charge in [-0.15, -0.1) is 0 Å². The van der Waals surface area contributed by atoms with Gasteiger partial charge in [-0.05, 0) is 36.8 Å². The molecular formula is C14H13BrN2O2. The summed E-state index contributed by atoms with van der Waals surface area (Å²) < 4.78 is 6.27. The summed E-state index contributed by atoms with van der Waals surface area (Å²) in [5, 5.41) is 2.77. The van der Waals surface area contributed by atoms with Gasteiger partial charge in [0.25, 0.3) is 5.91 Å². The minimum atomic E-state index is -0.215. The first-order valence-electron chi connectivity index (χ1n) is 5.75. The molecule has 1 amide bonds. The third kappa shape index (κ3) is 4.06. The lowest BCUT2D eigenvalue weighted by Crippen LogP contribution is -2.20. The predicted octanol–water partition coefficient (Wildman–Crippen LogP) is 3.17. The molecule has 0 aliphatic heterocycles. The number of aryl methyl sites for hydroxylation is 1. The molecule has 0 saturated heterocycles. The maximum absolute atomic E-state index is 11.7. The summed E-state index contributed by atoms with van der Waals surface area (Å²) in [6, 6.07) is 10.9. The third-order valence-corrected chi connectivity index (χ3v) is 3.32. The van der Waals surface area contributed by atoms with E-state index < -0.39 is 0 Å². The van der Waals surface area contributed by atoms with E-state index in [9.17, 15) is 4.79 Å². The van der Waals surface area contributed by atoms with Crippen molar-refractivity contribution in [1.29, 1.82) is 0 Å². The number of aromatic nitrogens is 1. The van der Waals surface area contributed by atoms with Gasteiger partial charge in [-0.2, -0.15) is 0 Å².